The highest BCUT2D eigenvalue weighted by atomic mass is 35.5. The third-order valence-corrected chi connectivity index (χ3v) is 5.30. The first kappa shape index (κ1) is 21.2. The van der Waals surface area contributed by atoms with E-state index in [-0.39, 0.29) is 24.2 Å². The molecule has 1 aromatic carbocycles. The molecule has 4 N–H and O–H groups in total. The van der Waals surface area contributed by atoms with Gasteiger partial charge in [0.1, 0.15) is 5.54 Å². The average Bonchev–Trinajstić information content (AvgIpc) is 2.92. The third-order valence-electron chi connectivity index (χ3n) is 5.30. The first-order chi connectivity index (χ1) is 12.5. The lowest BCUT2D eigenvalue weighted by molar-refractivity contribution is -0.123. The summed E-state index contributed by atoms with van der Waals surface area (Å²) in [7, 11) is 0. The molecule has 8 heteroatoms. The molecule has 2 heterocycles. The summed E-state index contributed by atoms with van der Waals surface area (Å²) in [5.41, 5.74) is 0.618. The SMILES string of the molecule is CC1(c2ccc(CNC(=O)CCC3CCNCC3)cc2)NC(=O)NC1=O.Cl. The van der Waals surface area contributed by atoms with Crippen molar-refractivity contribution >= 4 is 30.3 Å². The highest BCUT2D eigenvalue weighted by Gasteiger charge is 2.43. The molecule has 148 valence electrons. The lowest BCUT2D eigenvalue weighted by atomic mass is 9.91. The molecule has 1 unspecified atom stereocenters. The van der Waals surface area contributed by atoms with Crippen molar-refractivity contribution in [2.75, 3.05) is 13.1 Å². The van der Waals surface area contributed by atoms with Crippen molar-refractivity contribution in [1.82, 2.24) is 21.3 Å². The smallest absolute Gasteiger partial charge is 0.322 e. The van der Waals surface area contributed by atoms with Gasteiger partial charge >= 0.3 is 6.03 Å². The molecule has 0 saturated carbocycles. The lowest BCUT2D eigenvalue weighted by Gasteiger charge is -2.22. The zero-order valence-corrected chi connectivity index (χ0v) is 16.3. The average molecular weight is 395 g/mol. The molecular weight excluding hydrogens is 368 g/mol. The van der Waals surface area contributed by atoms with Crippen LogP contribution in [0.1, 0.15) is 43.7 Å². The number of piperidine rings is 1. The van der Waals surface area contributed by atoms with E-state index in [9.17, 15) is 14.4 Å². The van der Waals surface area contributed by atoms with Crippen molar-refractivity contribution in [2.45, 2.75) is 44.7 Å². The molecule has 0 bridgehead atoms. The molecule has 7 nitrogen and oxygen atoms in total. The van der Waals surface area contributed by atoms with E-state index in [1.54, 1.807) is 6.92 Å². The molecule has 1 aromatic rings. The van der Waals surface area contributed by atoms with Crippen LogP contribution >= 0.6 is 12.4 Å². The van der Waals surface area contributed by atoms with Gasteiger partial charge in [-0.2, -0.15) is 0 Å². The zero-order valence-electron chi connectivity index (χ0n) is 15.5. The maximum Gasteiger partial charge on any atom is 0.322 e. The van der Waals surface area contributed by atoms with E-state index in [4.69, 9.17) is 0 Å². The Balaban J connectivity index is 0.00000261. The van der Waals surface area contributed by atoms with E-state index in [0.717, 1.165) is 37.9 Å². The third kappa shape index (κ3) is 5.20. The predicted octanol–water partition coefficient (Wildman–Crippen LogP) is 1.56. The number of carbonyl (C=O) groups is 3. The second kappa shape index (κ2) is 9.19. The fourth-order valence-electron chi connectivity index (χ4n) is 3.50. The lowest BCUT2D eigenvalue weighted by Crippen LogP contribution is -2.40. The van der Waals surface area contributed by atoms with Crippen LogP contribution in [0.4, 0.5) is 4.79 Å². The van der Waals surface area contributed by atoms with E-state index in [2.05, 4.69) is 21.3 Å². The molecule has 2 saturated heterocycles. The van der Waals surface area contributed by atoms with Crippen LogP contribution in [0, 0.1) is 5.92 Å². The Morgan fingerprint density at radius 3 is 2.44 bits per heavy atom. The van der Waals surface area contributed by atoms with Gasteiger partial charge in [0.2, 0.25) is 5.91 Å². The summed E-state index contributed by atoms with van der Waals surface area (Å²) in [6, 6.07) is 6.86. The molecule has 4 amide bonds. The second-order valence-electron chi connectivity index (χ2n) is 7.24. The van der Waals surface area contributed by atoms with Gasteiger partial charge in [-0.25, -0.2) is 4.79 Å². The normalized spacial score (nSPS) is 22.6. The Kier molecular flexibility index (Phi) is 7.21. The van der Waals surface area contributed by atoms with Crippen LogP contribution in [0.5, 0.6) is 0 Å². The van der Waals surface area contributed by atoms with E-state index < -0.39 is 11.6 Å². The van der Waals surface area contributed by atoms with Crippen molar-refractivity contribution < 1.29 is 14.4 Å². The number of hydrogen-bond acceptors (Lipinski definition) is 4. The highest BCUT2D eigenvalue weighted by molar-refractivity contribution is 6.07. The van der Waals surface area contributed by atoms with Crippen LogP contribution in [0.25, 0.3) is 0 Å². The van der Waals surface area contributed by atoms with E-state index in [1.807, 2.05) is 24.3 Å². The number of halogens is 1. The van der Waals surface area contributed by atoms with Crippen molar-refractivity contribution in [1.29, 1.82) is 0 Å². The Morgan fingerprint density at radius 1 is 1.19 bits per heavy atom. The van der Waals surface area contributed by atoms with Gasteiger partial charge in [-0.15, -0.1) is 12.4 Å². The molecule has 2 fully saturated rings. The van der Waals surface area contributed by atoms with Gasteiger partial charge in [0.05, 0.1) is 0 Å². The maximum absolute atomic E-state index is 12.0. The summed E-state index contributed by atoms with van der Waals surface area (Å²) in [6.07, 6.45) is 3.81. The Bertz CT molecular complexity index is 689. The molecule has 0 aromatic heterocycles. The Morgan fingerprint density at radius 2 is 1.85 bits per heavy atom. The fraction of sp³-hybridized carbons (Fsp3) is 0.526. The number of hydrogen-bond donors (Lipinski definition) is 4. The van der Waals surface area contributed by atoms with Crippen molar-refractivity contribution in [3.05, 3.63) is 35.4 Å². The van der Waals surface area contributed by atoms with Gasteiger partial charge in [0.15, 0.2) is 0 Å². The minimum atomic E-state index is -1.05. The van der Waals surface area contributed by atoms with Crippen molar-refractivity contribution in [2.24, 2.45) is 5.92 Å². The summed E-state index contributed by atoms with van der Waals surface area (Å²) in [4.78, 5) is 35.4. The first-order valence-corrected chi connectivity index (χ1v) is 9.18. The van der Waals surface area contributed by atoms with Gasteiger partial charge in [0.25, 0.3) is 5.91 Å². The van der Waals surface area contributed by atoms with Crippen LogP contribution < -0.4 is 21.3 Å². The zero-order chi connectivity index (χ0) is 18.6. The molecular formula is C19H27ClN4O3. The number of rotatable bonds is 6. The van der Waals surface area contributed by atoms with Crippen LogP contribution in [0.2, 0.25) is 0 Å². The van der Waals surface area contributed by atoms with Gasteiger partial charge < -0.3 is 16.0 Å². The minimum Gasteiger partial charge on any atom is -0.352 e. The first-order valence-electron chi connectivity index (χ1n) is 9.18. The number of imide groups is 1. The van der Waals surface area contributed by atoms with Crippen LogP contribution in [0.3, 0.4) is 0 Å². The summed E-state index contributed by atoms with van der Waals surface area (Å²) in [5, 5.41) is 11.2. The number of carbonyl (C=O) groups excluding carboxylic acids is 3. The minimum absolute atomic E-state index is 0. The van der Waals surface area contributed by atoms with E-state index >= 15 is 0 Å². The van der Waals surface area contributed by atoms with Crippen LogP contribution in [0.15, 0.2) is 24.3 Å². The van der Waals surface area contributed by atoms with Crippen molar-refractivity contribution in [3.63, 3.8) is 0 Å². The quantitative estimate of drug-likeness (QED) is 0.550. The second-order valence-corrected chi connectivity index (χ2v) is 7.24. The number of urea groups is 1. The molecule has 0 aliphatic carbocycles. The molecule has 3 rings (SSSR count). The van der Waals surface area contributed by atoms with Gasteiger partial charge in [-0.3, -0.25) is 14.9 Å². The maximum atomic E-state index is 12.0. The molecule has 27 heavy (non-hydrogen) atoms. The van der Waals surface area contributed by atoms with E-state index in [0.29, 0.717) is 24.4 Å². The van der Waals surface area contributed by atoms with Crippen molar-refractivity contribution in [3.8, 4) is 0 Å². The summed E-state index contributed by atoms with van der Waals surface area (Å²) < 4.78 is 0. The molecule has 0 radical (unpaired) electrons. The Labute approximate surface area is 165 Å². The van der Waals surface area contributed by atoms with E-state index in [1.165, 1.54) is 0 Å². The molecule has 2 aliphatic rings. The number of benzene rings is 1. The van der Waals surface area contributed by atoms with Gasteiger partial charge in [-0.05, 0) is 56.3 Å². The standard InChI is InChI=1S/C19H26N4O3.ClH/c1-19(17(25)22-18(26)23-19)15-5-2-14(3-6-15)12-21-16(24)7-4-13-8-10-20-11-9-13;/h2-3,5-6,13,20H,4,7-12H2,1H3,(H,21,24)(H2,22,23,25,26);1H. The summed E-state index contributed by atoms with van der Waals surface area (Å²) >= 11 is 0. The Hall–Kier alpha value is -2.12. The molecule has 2 aliphatic heterocycles. The summed E-state index contributed by atoms with van der Waals surface area (Å²) in [6.45, 7) is 4.23. The van der Waals surface area contributed by atoms with Crippen LogP contribution in [-0.2, 0) is 21.7 Å². The highest BCUT2D eigenvalue weighted by Crippen LogP contribution is 2.24. The monoisotopic (exact) mass is 394 g/mol. The number of amides is 4. The summed E-state index contributed by atoms with van der Waals surface area (Å²) in [5.74, 6) is 0.360. The molecule has 1 atom stereocenters. The topological polar surface area (TPSA) is 99.3 Å². The number of nitrogens with one attached hydrogen (secondary N) is 4. The fourth-order valence-corrected chi connectivity index (χ4v) is 3.50. The molecule has 0 spiro atoms. The van der Waals surface area contributed by atoms with Gasteiger partial charge in [-0.1, -0.05) is 24.3 Å². The predicted molar refractivity (Wildman–Crippen MR) is 104 cm³/mol. The largest absolute Gasteiger partial charge is 0.352 e. The van der Waals surface area contributed by atoms with Gasteiger partial charge in [0, 0.05) is 13.0 Å². The van der Waals surface area contributed by atoms with Crippen LogP contribution in [-0.4, -0.2) is 30.9 Å².